The number of aromatic nitrogens is 1. The maximum Gasteiger partial charge on any atom is 0.251 e. The van der Waals surface area contributed by atoms with Gasteiger partial charge in [-0.3, -0.25) is 4.79 Å². The summed E-state index contributed by atoms with van der Waals surface area (Å²) in [6, 6.07) is 17.4. The van der Waals surface area contributed by atoms with Crippen LogP contribution in [0.15, 0.2) is 54.6 Å². The number of amides is 1. The number of carbonyl (C=O) groups is 1. The summed E-state index contributed by atoms with van der Waals surface area (Å²) in [7, 11) is 3.18. The molecule has 0 atom stereocenters. The Morgan fingerprint density at radius 2 is 1.59 bits per heavy atom. The van der Waals surface area contributed by atoms with Crippen LogP contribution in [0.2, 0.25) is 0 Å². The van der Waals surface area contributed by atoms with Gasteiger partial charge in [-0.25, -0.2) is 0 Å². The van der Waals surface area contributed by atoms with Crippen molar-refractivity contribution in [1.82, 2.24) is 9.88 Å². The van der Waals surface area contributed by atoms with Crippen LogP contribution in [0.3, 0.4) is 0 Å². The van der Waals surface area contributed by atoms with Gasteiger partial charge in [0, 0.05) is 34.7 Å². The van der Waals surface area contributed by atoms with Crippen LogP contribution >= 0.6 is 0 Å². The highest BCUT2D eigenvalue weighted by atomic mass is 16.5. The lowest BCUT2D eigenvalue weighted by Crippen LogP contribution is -2.23. The Bertz CT molecular complexity index is 923. The minimum Gasteiger partial charge on any atom is -0.493 e. The minimum atomic E-state index is -0.132. The van der Waals surface area contributed by atoms with Gasteiger partial charge in [0.1, 0.15) is 0 Å². The smallest absolute Gasteiger partial charge is 0.251 e. The molecule has 0 aliphatic heterocycles. The SMILES string of the molecule is COc1cccc(CNC(=O)c2ccc(-n3c(C)ccc3C)cc2)c1OC. The van der Waals surface area contributed by atoms with Crippen molar-refractivity contribution >= 4 is 5.91 Å². The van der Waals surface area contributed by atoms with E-state index in [1.807, 2.05) is 42.5 Å². The van der Waals surface area contributed by atoms with E-state index in [0.29, 0.717) is 23.6 Å². The van der Waals surface area contributed by atoms with Crippen LogP contribution in [-0.2, 0) is 6.54 Å². The average molecular weight is 364 g/mol. The molecule has 5 nitrogen and oxygen atoms in total. The number of nitrogens with one attached hydrogen (secondary N) is 1. The van der Waals surface area contributed by atoms with Crippen molar-refractivity contribution in [2.24, 2.45) is 0 Å². The van der Waals surface area contributed by atoms with E-state index < -0.39 is 0 Å². The standard InChI is InChI=1S/C22H24N2O3/c1-15-8-9-16(2)24(15)19-12-10-17(11-13-19)22(25)23-14-18-6-5-7-20(26-3)21(18)27-4/h5-13H,14H2,1-4H3,(H,23,25). The van der Waals surface area contributed by atoms with Crippen molar-refractivity contribution in [3.63, 3.8) is 0 Å². The Morgan fingerprint density at radius 3 is 2.19 bits per heavy atom. The third kappa shape index (κ3) is 3.82. The predicted octanol–water partition coefficient (Wildman–Crippen LogP) is 4.04. The molecule has 27 heavy (non-hydrogen) atoms. The molecule has 3 aromatic rings. The van der Waals surface area contributed by atoms with Gasteiger partial charge in [0.2, 0.25) is 0 Å². The van der Waals surface area contributed by atoms with Crippen LogP contribution in [0, 0.1) is 13.8 Å². The quantitative estimate of drug-likeness (QED) is 0.718. The zero-order chi connectivity index (χ0) is 19.4. The summed E-state index contributed by atoms with van der Waals surface area (Å²) < 4.78 is 12.9. The molecule has 0 saturated heterocycles. The summed E-state index contributed by atoms with van der Waals surface area (Å²) in [5.74, 6) is 1.15. The lowest BCUT2D eigenvalue weighted by molar-refractivity contribution is 0.0950. The summed E-state index contributed by atoms with van der Waals surface area (Å²) in [4.78, 5) is 12.5. The van der Waals surface area contributed by atoms with E-state index in [1.165, 1.54) is 0 Å². The summed E-state index contributed by atoms with van der Waals surface area (Å²) in [5, 5.41) is 2.94. The third-order valence-corrected chi connectivity index (χ3v) is 4.58. The van der Waals surface area contributed by atoms with E-state index in [1.54, 1.807) is 14.2 Å². The molecular formula is C22H24N2O3. The van der Waals surface area contributed by atoms with E-state index in [0.717, 1.165) is 22.6 Å². The second-order valence-electron chi connectivity index (χ2n) is 6.33. The molecule has 0 fully saturated rings. The Morgan fingerprint density at radius 1 is 0.926 bits per heavy atom. The monoisotopic (exact) mass is 364 g/mol. The zero-order valence-electron chi connectivity index (χ0n) is 16.1. The van der Waals surface area contributed by atoms with E-state index in [-0.39, 0.29) is 5.91 Å². The summed E-state index contributed by atoms with van der Waals surface area (Å²) in [6.45, 7) is 4.49. The fourth-order valence-corrected chi connectivity index (χ4v) is 3.21. The molecule has 0 aliphatic rings. The van der Waals surface area contributed by atoms with Crippen molar-refractivity contribution in [3.05, 3.63) is 77.1 Å². The van der Waals surface area contributed by atoms with Gasteiger partial charge in [-0.15, -0.1) is 0 Å². The van der Waals surface area contributed by atoms with Gasteiger partial charge in [0.25, 0.3) is 5.91 Å². The molecule has 2 aromatic carbocycles. The molecule has 1 heterocycles. The van der Waals surface area contributed by atoms with E-state index in [4.69, 9.17) is 9.47 Å². The Balaban J connectivity index is 1.72. The maximum atomic E-state index is 12.5. The summed E-state index contributed by atoms with van der Waals surface area (Å²) in [5.41, 5.74) is 4.84. The minimum absolute atomic E-state index is 0.132. The summed E-state index contributed by atoms with van der Waals surface area (Å²) >= 11 is 0. The summed E-state index contributed by atoms with van der Waals surface area (Å²) in [6.07, 6.45) is 0. The van der Waals surface area contributed by atoms with Crippen molar-refractivity contribution < 1.29 is 14.3 Å². The fraction of sp³-hybridized carbons (Fsp3) is 0.227. The number of aryl methyl sites for hydroxylation is 2. The Kier molecular flexibility index (Phi) is 5.50. The van der Waals surface area contributed by atoms with Crippen LogP contribution in [0.1, 0.15) is 27.3 Å². The molecule has 5 heteroatoms. The highest BCUT2D eigenvalue weighted by molar-refractivity contribution is 5.94. The molecule has 1 aromatic heterocycles. The molecule has 0 bridgehead atoms. The molecule has 140 valence electrons. The fourth-order valence-electron chi connectivity index (χ4n) is 3.21. The van der Waals surface area contributed by atoms with Crippen molar-refractivity contribution in [1.29, 1.82) is 0 Å². The Labute approximate surface area is 159 Å². The first kappa shape index (κ1) is 18.6. The number of methoxy groups -OCH3 is 2. The topological polar surface area (TPSA) is 52.5 Å². The molecule has 0 saturated carbocycles. The first-order valence-electron chi connectivity index (χ1n) is 8.78. The van der Waals surface area contributed by atoms with Gasteiger partial charge in [-0.05, 0) is 56.3 Å². The third-order valence-electron chi connectivity index (χ3n) is 4.58. The number of hydrogen-bond donors (Lipinski definition) is 1. The molecular weight excluding hydrogens is 340 g/mol. The lowest BCUT2D eigenvalue weighted by atomic mass is 10.1. The van der Waals surface area contributed by atoms with Crippen LogP contribution in [0.5, 0.6) is 11.5 Å². The number of hydrogen-bond acceptors (Lipinski definition) is 3. The largest absolute Gasteiger partial charge is 0.493 e. The van der Waals surface area contributed by atoms with Gasteiger partial charge < -0.3 is 19.4 Å². The molecule has 0 aliphatic carbocycles. The zero-order valence-corrected chi connectivity index (χ0v) is 16.1. The van der Waals surface area contributed by atoms with Crippen LogP contribution in [-0.4, -0.2) is 24.7 Å². The number of rotatable bonds is 6. The van der Waals surface area contributed by atoms with Gasteiger partial charge in [0.05, 0.1) is 14.2 Å². The van der Waals surface area contributed by atoms with Gasteiger partial charge in [-0.2, -0.15) is 0 Å². The second kappa shape index (κ2) is 7.99. The second-order valence-corrected chi connectivity index (χ2v) is 6.33. The highest BCUT2D eigenvalue weighted by Gasteiger charge is 2.12. The molecule has 1 amide bonds. The first-order valence-corrected chi connectivity index (χ1v) is 8.78. The number of benzene rings is 2. The van der Waals surface area contributed by atoms with Crippen molar-refractivity contribution in [2.75, 3.05) is 14.2 Å². The van der Waals surface area contributed by atoms with Gasteiger partial charge in [0.15, 0.2) is 11.5 Å². The van der Waals surface area contributed by atoms with Crippen LogP contribution in [0.25, 0.3) is 5.69 Å². The van der Waals surface area contributed by atoms with E-state index >= 15 is 0 Å². The number of carbonyl (C=O) groups excluding carboxylic acids is 1. The number of ether oxygens (including phenoxy) is 2. The van der Waals surface area contributed by atoms with Gasteiger partial charge in [-0.1, -0.05) is 12.1 Å². The van der Waals surface area contributed by atoms with Crippen LogP contribution in [0.4, 0.5) is 0 Å². The molecule has 0 unspecified atom stereocenters. The molecule has 1 N–H and O–H groups in total. The maximum absolute atomic E-state index is 12.5. The molecule has 3 rings (SSSR count). The van der Waals surface area contributed by atoms with E-state index in [2.05, 4.69) is 35.9 Å². The van der Waals surface area contributed by atoms with E-state index in [9.17, 15) is 4.79 Å². The molecule has 0 radical (unpaired) electrons. The predicted molar refractivity (Wildman–Crippen MR) is 106 cm³/mol. The molecule has 0 spiro atoms. The van der Waals surface area contributed by atoms with Crippen LogP contribution < -0.4 is 14.8 Å². The first-order chi connectivity index (χ1) is 13.0. The number of nitrogens with zero attached hydrogens (tertiary/aromatic N) is 1. The average Bonchev–Trinajstić information content (AvgIpc) is 3.03. The van der Waals surface area contributed by atoms with Crippen molar-refractivity contribution in [2.45, 2.75) is 20.4 Å². The van der Waals surface area contributed by atoms with Gasteiger partial charge >= 0.3 is 0 Å². The normalized spacial score (nSPS) is 10.5. The highest BCUT2D eigenvalue weighted by Crippen LogP contribution is 2.30. The Hall–Kier alpha value is -3.21. The number of para-hydroxylation sites is 1. The lowest BCUT2D eigenvalue weighted by Gasteiger charge is -2.13. The van der Waals surface area contributed by atoms with Crippen molar-refractivity contribution in [3.8, 4) is 17.2 Å².